The van der Waals surface area contributed by atoms with Gasteiger partial charge in [-0.3, -0.25) is 0 Å². The number of halogens is 1. The average Bonchev–Trinajstić information content (AvgIpc) is 2.30. The van der Waals surface area contributed by atoms with E-state index >= 15 is 0 Å². The minimum Gasteiger partial charge on any atom is -0.207 e. The zero-order chi connectivity index (χ0) is 10.7. The van der Waals surface area contributed by atoms with Crippen molar-refractivity contribution >= 4 is 12.6 Å². The summed E-state index contributed by atoms with van der Waals surface area (Å²) in [6, 6.07) is 14.6. The van der Waals surface area contributed by atoms with Gasteiger partial charge in [-0.25, -0.2) is 4.39 Å². The molecule has 2 heteroatoms. The lowest BCUT2D eigenvalue weighted by molar-refractivity contribution is 0.628. The molecule has 2 aromatic rings. The molecule has 0 aliphatic heterocycles. The third-order valence-corrected chi connectivity index (χ3v) is 2.68. The molecule has 0 N–H and O–H groups in total. The molecule has 0 aliphatic carbocycles. The van der Waals surface area contributed by atoms with Gasteiger partial charge in [0.1, 0.15) is 5.82 Å². The van der Waals surface area contributed by atoms with Gasteiger partial charge in [-0.15, -0.1) is 0 Å². The molecule has 0 nitrogen and oxygen atoms in total. The quantitative estimate of drug-likeness (QED) is 0.726. The van der Waals surface area contributed by atoms with Crippen molar-refractivity contribution in [3.63, 3.8) is 0 Å². The number of hydrogen-bond donors (Lipinski definition) is 1. The minimum atomic E-state index is -0.203. The Morgan fingerprint density at radius 3 is 1.73 bits per heavy atom. The van der Waals surface area contributed by atoms with Crippen molar-refractivity contribution in [3.05, 3.63) is 59.9 Å². The van der Waals surface area contributed by atoms with Crippen LogP contribution in [0, 0.1) is 5.82 Å². The Bertz CT molecular complexity index is 431. The topological polar surface area (TPSA) is 0 Å². The van der Waals surface area contributed by atoms with Gasteiger partial charge in [0.15, 0.2) is 0 Å². The molecule has 0 aromatic heterocycles. The highest BCUT2D eigenvalue weighted by Crippen LogP contribution is 2.20. The van der Waals surface area contributed by atoms with Gasteiger partial charge in [0.25, 0.3) is 0 Å². The molecule has 2 rings (SSSR count). The van der Waals surface area contributed by atoms with Crippen molar-refractivity contribution in [2.45, 2.75) is 5.75 Å². The van der Waals surface area contributed by atoms with E-state index in [2.05, 4.69) is 12.6 Å². The van der Waals surface area contributed by atoms with Gasteiger partial charge >= 0.3 is 0 Å². The first-order valence-electron chi connectivity index (χ1n) is 4.75. The van der Waals surface area contributed by atoms with Gasteiger partial charge in [-0.05, 0) is 28.8 Å². The Hall–Kier alpha value is -1.28. The summed E-state index contributed by atoms with van der Waals surface area (Å²) >= 11 is 4.20. The first-order valence-corrected chi connectivity index (χ1v) is 5.38. The molecule has 2 aromatic carbocycles. The highest BCUT2D eigenvalue weighted by atomic mass is 32.1. The number of benzene rings is 2. The Morgan fingerprint density at radius 1 is 0.800 bits per heavy atom. The van der Waals surface area contributed by atoms with E-state index in [-0.39, 0.29) is 5.82 Å². The third-order valence-electron chi connectivity index (χ3n) is 2.31. The molecule has 0 bridgehead atoms. The smallest absolute Gasteiger partial charge is 0.123 e. The van der Waals surface area contributed by atoms with Crippen molar-refractivity contribution in [1.82, 2.24) is 0 Å². The van der Waals surface area contributed by atoms with Crippen LogP contribution in [0.2, 0.25) is 0 Å². The van der Waals surface area contributed by atoms with E-state index in [1.54, 1.807) is 12.1 Å². The largest absolute Gasteiger partial charge is 0.207 e. The molecule has 0 heterocycles. The molecule has 0 radical (unpaired) electrons. The van der Waals surface area contributed by atoms with E-state index < -0.39 is 0 Å². The molecule has 0 amide bonds. The Morgan fingerprint density at radius 2 is 1.27 bits per heavy atom. The maximum absolute atomic E-state index is 12.7. The first kappa shape index (κ1) is 10.2. The van der Waals surface area contributed by atoms with Crippen LogP contribution >= 0.6 is 12.6 Å². The van der Waals surface area contributed by atoms with Crippen LogP contribution in [-0.4, -0.2) is 0 Å². The SMILES string of the molecule is Fc1ccc(-c2ccc(CS)cc2)cc1. The van der Waals surface area contributed by atoms with Crippen LogP contribution in [0.3, 0.4) is 0 Å². The van der Waals surface area contributed by atoms with E-state index in [0.717, 1.165) is 16.9 Å². The highest BCUT2D eigenvalue weighted by Gasteiger charge is 1.97. The molecule has 0 fully saturated rings. The standard InChI is InChI=1S/C13H11FS/c14-13-7-5-12(6-8-13)11-3-1-10(9-15)2-4-11/h1-8,15H,9H2. The van der Waals surface area contributed by atoms with Crippen LogP contribution in [0.25, 0.3) is 11.1 Å². The van der Waals surface area contributed by atoms with Crippen LogP contribution in [0.4, 0.5) is 4.39 Å². The fourth-order valence-corrected chi connectivity index (χ4v) is 1.66. The fourth-order valence-electron chi connectivity index (χ4n) is 1.44. The zero-order valence-corrected chi connectivity index (χ0v) is 9.05. The third kappa shape index (κ3) is 2.39. The predicted octanol–water partition coefficient (Wildman–Crippen LogP) is 3.92. The van der Waals surface area contributed by atoms with Crippen molar-refractivity contribution < 1.29 is 4.39 Å². The summed E-state index contributed by atoms with van der Waals surface area (Å²) in [7, 11) is 0. The lowest BCUT2D eigenvalue weighted by Gasteiger charge is -2.02. The van der Waals surface area contributed by atoms with E-state index in [0.29, 0.717) is 0 Å². The highest BCUT2D eigenvalue weighted by molar-refractivity contribution is 7.79. The fraction of sp³-hybridized carbons (Fsp3) is 0.0769. The summed E-state index contributed by atoms with van der Waals surface area (Å²) < 4.78 is 12.7. The van der Waals surface area contributed by atoms with Gasteiger partial charge in [0.05, 0.1) is 0 Å². The van der Waals surface area contributed by atoms with Crippen molar-refractivity contribution in [2.75, 3.05) is 0 Å². The molecule has 0 saturated heterocycles. The molecule has 0 unspecified atom stereocenters. The molecule has 0 atom stereocenters. The van der Waals surface area contributed by atoms with Gasteiger partial charge < -0.3 is 0 Å². The van der Waals surface area contributed by atoms with E-state index in [4.69, 9.17) is 0 Å². The molecule has 0 aliphatic rings. The first-order chi connectivity index (χ1) is 7.29. The lowest BCUT2D eigenvalue weighted by Crippen LogP contribution is -1.81. The lowest BCUT2D eigenvalue weighted by atomic mass is 10.0. The van der Waals surface area contributed by atoms with Gasteiger partial charge in [-0.1, -0.05) is 36.4 Å². The van der Waals surface area contributed by atoms with E-state index in [9.17, 15) is 4.39 Å². The van der Waals surface area contributed by atoms with Crippen LogP contribution in [0.1, 0.15) is 5.56 Å². The van der Waals surface area contributed by atoms with Crippen LogP contribution in [0.15, 0.2) is 48.5 Å². The van der Waals surface area contributed by atoms with Gasteiger partial charge in [0, 0.05) is 5.75 Å². The maximum Gasteiger partial charge on any atom is 0.123 e. The molecular weight excluding hydrogens is 207 g/mol. The summed E-state index contributed by atoms with van der Waals surface area (Å²) in [6.07, 6.45) is 0. The van der Waals surface area contributed by atoms with Crippen molar-refractivity contribution in [1.29, 1.82) is 0 Å². The second-order valence-electron chi connectivity index (χ2n) is 3.36. The second-order valence-corrected chi connectivity index (χ2v) is 3.68. The van der Waals surface area contributed by atoms with Crippen LogP contribution in [0.5, 0.6) is 0 Å². The summed E-state index contributed by atoms with van der Waals surface area (Å²) in [5.74, 6) is 0.537. The summed E-state index contributed by atoms with van der Waals surface area (Å²) in [4.78, 5) is 0. The van der Waals surface area contributed by atoms with Crippen molar-refractivity contribution in [3.8, 4) is 11.1 Å². The zero-order valence-electron chi connectivity index (χ0n) is 8.15. The summed E-state index contributed by atoms with van der Waals surface area (Å²) in [6.45, 7) is 0. The van der Waals surface area contributed by atoms with Gasteiger partial charge in [0.2, 0.25) is 0 Å². The molecule has 15 heavy (non-hydrogen) atoms. The number of rotatable bonds is 2. The molecule has 0 spiro atoms. The summed E-state index contributed by atoms with van der Waals surface area (Å²) in [5, 5.41) is 0. The Labute approximate surface area is 94.2 Å². The number of thiol groups is 1. The van der Waals surface area contributed by atoms with Crippen LogP contribution < -0.4 is 0 Å². The average molecular weight is 218 g/mol. The Kier molecular flexibility index (Phi) is 3.07. The van der Waals surface area contributed by atoms with E-state index in [1.165, 1.54) is 17.7 Å². The molecule has 0 saturated carbocycles. The summed E-state index contributed by atoms with van der Waals surface area (Å²) in [5.41, 5.74) is 3.31. The minimum absolute atomic E-state index is 0.203. The molecule has 76 valence electrons. The predicted molar refractivity (Wildman–Crippen MR) is 64.5 cm³/mol. The van der Waals surface area contributed by atoms with E-state index in [1.807, 2.05) is 24.3 Å². The molecular formula is C13H11FS. The van der Waals surface area contributed by atoms with Crippen molar-refractivity contribution in [2.24, 2.45) is 0 Å². The normalized spacial score (nSPS) is 10.3. The monoisotopic (exact) mass is 218 g/mol. The second kappa shape index (κ2) is 4.49. The number of hydrogen-bond acceptors (Lipinski definition) is 1. The Balaban J connectivity index is 2.33. The van der Waals surface area contributed by atoms with Gasteiger partial charge in [-0.2, -0.15) is 12.6 Å². The maximum atomic E-state index is 12.7. The van der Waals surface area contributed by atoms with Crippen LogP contribution in [-0.2, 0) is 5.75 Å².